The summed E-state index contributed by atoms with van der Waals surface area (Å²) in [5.41, 5.74) is 2.61. The van der Waals surface area contributed by atoms with E-state index in [1.54, 1.807) is 6.92 Å². The minimum absolute atomic E-state index is 0.0460. The zero-order chi connectivity index (χ0) is 36.7. The highest BCUT2D eigenvalue weighted by Crippen LogP contribution is 2.21. The van der Waals surface area contributed by atoms with Crippen molar-refractivity contribution in [2.45, 2.75) is 97.6 Å². The van der Waals surface area contributed by atoms with E-state index in [9.17, 15) is 29.5 Å². The van der Waals surface area contributed by atoms with Gasteiger partial charge in [-0.3, -0.25) is 19.2 Å². The molecule has 0 aliphatic rings. The zero-order valence-corrected chi connectivity index (χ0v) is 29.7. The van der Waals surface area contributed by atoms with Gasteiger partial charge in [0.1, 0.15) is 12.1 Å². The molecule has 3 rings (SSSR count). The molecule has 0 unspecified atom stereocenters. The SMILES string of the molecule is CCC[C@H](NC(=O)[C@H](CC(C)(C)C)NC(=O)c1cc[n+]([O-])cc1)C(=O)N[C@H](CN[C@@H](C)C(=O)NCc1ccc(CO)cc1)Cc1ccccc1. The zero-order valence-electron chi connectivity index (χ0n) is 29.7. The van der Waals surface area contributed by atoms with Crippen LogP contribution in [0.5, 0.6) is 0 Å². The first-order chi connectivity index (χ1) is 23.8. The smallest absolute Gasteiger partial charge is 0.252 e. The fourth-order valence-corrected chi connectivity index (χ4v) is 5.35. The van der Waals surface area contributed by atoms with E-state index in [0.717, 1.165) is 16.7 Å². The van der Waals surface area contributed by atoms with Crippen molar-refractivity contribution in [2.75, 3.05) is 6.54 Å². The monoisotopic (exact) mass is 688 g/mol. The number of nitrogens with zero attached hydrogens (tertiary/aromatic N) is 1. The molecular weight excluding hydrogens is 636 g/mol. The van der Waals surface area contributed by atoms with Crippen LogP contribution in [0.25, 0.3) is 0 Å². The first-order valence-electron chi connectivity index (χ1n) is 17.1. The predicted molar refractivity (Wildman–Crippen MR) is 191 cm³/mol. The van der Waals surface area contributed by atoms with Crippen LogP contribution in [0.2, 0.25) is 0 Å². The van der Waals surface area contributed by atoms with Gasteiger partial charge in [0.2, 0.25) is 17.7 Å². The van der Waals surface area contributed by atoms with Crippen LogP contribution in [0, 0.1) is 10.6 Å². The van der Waals surface area contributed by atoms with E-state index in [2.05, 4.69) is 26.6 Å². The summed E-state index contributed by atoms with van der Waals surface area (Å²) in [6.07, 6.45) is 4.22. The Balaban J connectivity index is 1.68. The number of benzene rings is 2. The summed E-state index contributed by atoms with van der Waals surface area (Å²) in [4.78, 5) is 53.3. The molecule has 12 nitrogen and oxygen atoms in total. The molecule has 0 radical (unpaired) electrons. The standard InChI is InChI=1S/C38H52N6O6/c1-6-10-32(42-37(49)33(22-38(3,4)5)43-35(47)30-17-19-44(50)20-18-30)36(48)41-31(21-27-11-8-7-9-12-27)24-39-26(2)34(46)40-23-28-13-15-29(25-45)16-14-28/h7-9,11-20,26,31-33,39,45H,6,10,21-25H2,1-5H3,(H,40,46)(H,41,48)(H,42,49)(H,43,47)/t26-,31-,32-,33-/m0/s1. The normalized spacial score (nSPS) is 13.7. The Kier molecular flexibility index (Phi) is 15.4. The van der Waals surface area contributed by atoms with Crippen LogP contribution in [0.15, 0.2) is 79.1 Å². The van der Waals surface area contributed by atoms with E-state index in [1.807, 2.05) is 82.3 Å². The van der Waals surface area contributed by atoms with Crippen LogP contribution >= 0.6 is 0 Å². The summed E-state index contributed by atoms with van der Waals surface area (Å²) in [5, 5.41) is 35.6. The van der Waals surface area contributed by atoms with Gasteiger partial charge in [-0.05, 0) is 48.3 Å². The minimum Gasteiger partial charge on any atom is -0.619 e. The molecule has 1 heterocycles. The molecule has 270 valence electrons. The summed E-state index contributed by atoms with van der Waals surface area (Å²) in [5.74, 6) is -1.55. The second-order valence-electron chi connectivity index (χ2n) is 13.8. The Morgan fingerprint density at radius 3 is 2.02 bits per heavy atom. The number of carbonyl (C=O) groups excluding carboxylic acids is 4. The van der Waals surface area contributed by atoms with Gasteiger partial charge in [-0.15, -0.1) is 0 Å². The quantitative estimate of drug-likeness (QED) is 0.0880. The Morgan fingerprint density at radius 1 is 0.800 bits per heavy atom. The molecule has 1 aromatic heterocycles. The van der Waals surface area contributed by atoms with E-state index >= 15 is 0 Å². The van der Waals surface area contributed by atoms with Crippen molar-refractivity contribution in [3.05, 3.63) is 107 Å². The molecule has 0 saturated heterocycles. The average molecular weight is 689 g/mol. The molecule has 0 bridgehead atoms. The fourth-order valence-electron chi connectivity index (χ4n) is 5.35. The summed E-state index contributed by atoms with van der Waals surface area (Å²) in [6.45, 7) is 10.1. The predicted octanol–water partition coefficient (Wildman–Crippen LogP) is 2.65. The first-order valence-corrected chi connectivity index (χ1v) is 17.1. The molecular formula is C38H52N6O6. The van der Waals surface area contributed by atoms with Gasteiger partial charge in [-0.1, -0.05) is 88.7 Å². The molecule has 0 spiro atoms. The lowest BCUT2D eigenvalue weighted by Gasteiger charge is -2.29. The van der Waals surface area contributed by atoms with Gasteiger partial charge < -0.3 is 36.9 Å². The average Bonchev–Trinajstić information content (AvgIpc) is 3.09. The van der Waals surface area contributed by atoms with Gasteiger partial charge >= 0.3 is 0 Å². The van der Waals surface area contributed by atoms with Gasteiger partial charge in [0.15, 0.2) is 12.4 Å². The maximum absolute atomic E-state index is 13.8. The number of hydrogen-bond donors (Lipinski definition) is 6. The fraction of sp³-hybridized carbons (Fsp3) is 0.447. The van der Waals surface area contributed by atoms with Gasteiger partial charge in [0.05, 0.1) is 18.2 Å². The topological polar surface area (TPSA) is 176 Å². The number of nitrogens with one attached hydrogen (secondary N) is 5. The van der Waals surface area contributed by atoms with Crippen molar-refractivity contribution < 1.29 is 29.0 Å². The maximum Gasteiger partial charge on any atom is 0.252 e. The summed E-state index contributed by atoms with van der Waals surface area (Å²) < 4.78 is 0.571. The molecule has 12 heteroatoms. The lowest BCUT2D eigenvalue weighted by Crippen LogP contribution is -2.57. The number of rotatable bonds is 18. The Bertz CT molecular complexity index is 1530. The van der Waals surface area contributed by atoms with Gasteiger partial charge in [-0.2, -0.15) is 4.73 Å². The Labute approximate surface area is 295 Å². The number of aliphatic hydroxyl groups is 1. The number of aromatic nitrogens is 1. The number of carbonyl (C=O) groups is 4. The lowest BCUT2D eigenvalue weighted by molar-refractivity contribution is -0.605. The van der Waals surface area contributed by atoms with Crippen LogP contribution in [0.3, 0.4) is 0 Å². The largest absolute Gasteiger partial charge is 0.619 e. The molecule has 4 atom stereocenters. The van der Waals surface area contributed by atoms with Crippen molar-refractivity contribution in [3.63, 3.8) is 0 Å². The van der Waals surface area contributed by atoms with Gasteiger partial charge in [0, 0.05) is 31.3 Å². The highest BCUT2D eigenvalue weighted by Gasteiger charge is 2.31. The molecule has 50 heavy (non-hydrogen) atoms. The van der Waals surface area contributed by atoms with Crippen molar-refractivity contribution in [1.82, 2.24) is 26.6 Å². The maximum atomic E-state index is 13.8. The van der Waals surface area contributed by atoms with Crippen LogP contribution in [-0.4, -0.2) is 59.4 Å². The number of pyridine rings is 1. The summed E-state index contributed by atoms with van der Waals surface area (Å²) in [6, 6.07) is 17.0. The van der Waals surface area contributed by atoms with Crippen molar-refractivity contribution in [2.24, 2.45) is 5.41 Å². The molecule has 0 aliphatic heterocycles. The third-order valence-corrected chi connectivity index (χ3v) is 8.12. The van der Waals surface area contributed by atoms with Crippen LogP contribution < -0.4 is 31.3 Å². The third kappa shape index (κ3) is 13.6. The van der Waals surface area contributed by atoms with Crippen LogP contribution in [0.1, 0.15) is 80.9 Å². The first kappa shape index (κ1) is 39.6. The lowest BCUT2D eigenvalue weighted by atomic mass is 9.87. The molecule has 3 aromatic rings. The highest BCUT2D eigenvalue weighted by molar-refractivity contribution is 5.98. The number of amides is 4. The van der Waals surface area contributed by atoms with Crippen LogP contribution in [0.4, 0.5) is 0 Å². The van der Waals surface area contributed by atoms with E-state index in [-0.39, 0.29) is 35.9 Å². The Morgan fingerprint density at radius 2 is 1.42 bits per heavy atom. The van der Waals surface area contributed by atoms with Gasteiger partial charge in [0.25, 0.3) is 5.91 Å². The molecule has 2 aromatic carbocycles. The Hall–Kier alpha value is -4.81. The van der Waals surface area contributed by atoms with Crippen LogP contribution in [-0.2, 0) is 34.0 Å². The molecule has 0 saturated carbocycles. The van der Waals surface area contributed by atoms with Crippen molar-refractivity contribution >= 4 is 23.6 Å². The minimum atomic E-state index is -0.928. The molecule has 0 aliphatic carbocycles. The molecule has 6 N–H and O–H groups in total. The van der Waals surface area contributed by atoms with Crippen molar-refractivity contribution in [3.8, 4) is 0 Å². The summed E-state index contributed by atoms with van der Waals surface area (Å²) in [7, 11) is 0. The number of hydrogen-bond acceptors (Lipinski definition) is 7. The molecule has 0 fully saturated rings. The van der Waals surface area contributed by atoms with E-state index in [4.69, 9.17) is 0 Å². The number of aliphatic hydroxyl groups excluding tert-OH is 1. The second kappa shape index (κ2) is 19.4. The highest BCUT2D eigenvalue weighted by atomic mass is 16.5. The second-order valence-corrected chi connectivity index (χ2v) is 13.8. The van der Waals surface area contributed by atoms with E-state index in [0.29, 0.717) is 37.0 Å². The summed E-state index contributed by atoms with van der Waals surface area (Å²) >= 11 is 0. The van der Waals surface area contributed by atoms with Crippen molar-refractivity contribution in [1.29, 1.82) is 0 Å². The molecule has 4 amide bonds. The van der Waals surface area contributed by atoms with Gasteiger partial charge in [-0.25, -0.2) is 0 Å². The van der Waals surface area contributed by atoms with E-state index in [1.165, 1.54) is 24.5 Å². The third-order valence-electron chi connectivity index (χ3n) is 8.12. The van der Waals surface area contributed by atoms with E-state index < -0.39 is 36.0 Å².